The summed E-state index contributed by atoms with van der Waals surface area (Å²) >= 11 is 0. The standard InChI is InChI=1S/C33H53FN2O/c1-4-6-8-9-10-11-12-14-18-29-26-35-33(36-27-29)30-20-22-32(23-21-30)37-25-24-31(34)19-15-17-28(3)16-13-7-5-2/h20-23,26-28,31H,4-19,24-25H2,1-3H3. The van der Waals surface area contributed by atoms with Gasteiger partial charge in [0.05, 0.1) is 6.61 Å². The van der Waals surface area contributed by atoms with Crippen LogP contribution in [0.4, 0.5) is 4.39 Å². The molecule has 2 rings (SSSR count). The van der Waals surface area contributed by atoms with E-state index in [-0.39, 0.29) is 0 Å². The van der Waals surface area contributed by atoms with Crippen molar-refractivity contribution in [1.29, 1.82) is 0 Å². The highest BCUT2D eigenvalue weighted by molar-refractivity contribution is 5.55. The minimum Gasteiger partial charge on any atom is -0.493 e. The number of ether oxygens (including phenoxy) is 1. The van der Waals surface area contributed by atoms with E-state index in [1.165, 1.54) is 82.6 Å². The van der Waals surface area contributed by atoms with Gasteiger partial charge in [0, 0.05) is 24.4 Å². The topological polar surface area (TPSA) is 35.0 Å². The summed E-state index contributed by atoms with van der Waals surface area (Å²) < 4.78 is 20.0. The van der Waals surface area contributed by atoms with Crippen LogP contribution in [0.15, 0.2) is 36.7 Å². The Morgan fingerprint density at radius 2 is 1.30 bits per heavy atom. The van der Waals surface area contributed by atoms with Gasteiger partial charge in [-0.25, -0.2) is 14.4 Å². The summed E-state index contributed by atoms with van der Waals surface area (Å²) in [5.41, 5.74) is 2.18. The monoisotopic (exact) mass is 512 g/mol. The zero-order chi connectivity index (χ0) is 26.6. The first kappa shape index (κ1) is 31.2. The molecule has 3 nitrogen and oxygen atoms in total. The lowest BCUT2D eigenvalue weighted by molar-refractivity contribution is 0.220. The molecule has 1 aromatic heterocycles. The second kappa shape index (κ2) is 20.1. The number of alkyl halides is 1. The molecule has 1 heterocycles. The molecule has 0 radical (unpaired) electrons. The quantitative estimate of drug-likeness (QED) is 0.147. The van der Waals surface area contributed by atoms with Crippen molar-refractivity contribution in [3.8, 4) is 17.1 Å². The molecule has 0 amide bonds. The van der Waals surface area contributed by atoms with Gasteiger partial charge in [0.1, 0.15) is 11.9 Å². The maximum Gasteiger partial charge on any atom is 0.159 e. The van der Waals surface area contributed by atoms with E-state index < -0.39 is 6.17 Å². The van der Waals surface area contributed by atoms with E-state index in [1.54, 1.807) is 0 Å². The minimum absolute atomic E-state index is 0.413. The number of halogens is 1. The molecule has 0 spiro atoms. The van der Waals surface area contributed by atoms with E-state index >= 15 is 0 Å². The molecule has 37 heavy (non-hydrogen) atoms. The summed E-state index contributed by atoms with van der Waals surface area (Å²) in [6.07, 6.45) is 23.2. The fourth-order valence-corrected chi connectivity index (χ4v) is 4.82. The normalized spacial score (nSPS) is 13.0. The third-order valence-corrected chi connectivity index (χ3v) is 7.35. The molecule has 1 aromatic carbocycles. The molecular formula is C33H53FN2O. The molecule has 0 bridgehead atoms. The van der Waals surface area contributed by atoms with Gasteiger partial charge in [-0.3, -0.25) is 0 Å². The molecule has 2 unspecified atom stereocenters. The van der Waals surface area contributed by atoms with Crippen LogP contribution < -0.4 is 4.74 Å². The average Bonchev–Trinajstić information content (AvgIpc) is 2.91. The second-order valence-electron chi connectivity index (χ2n) is 10.9. The number of aromatic nitrogens is 2. The number of rotatable bonds is 22. The highest BCUT2D eigenvalue weighted by Gasteiger charge is 2.09. The smallest absolute Gasteiger partial charge is 0.159 e. The average molecular weight is 513 g/mol. The van der Waals surface area contributed by atoms with E-state index in [0.717, 1.165) is 36.4 Å². The maximum absolute atomic E-state index is 14.3. The van der Waals surface area contributed by atoms with Crippen molar-refractivity contribution in [3.63, 3.8) is 0 Å². The Labute approximate surface area is 227 Å². The van der Waals surface area contributed by atoms with Gasteiger partial charge in [-0.2, -0.15) is 0 Å². The van der Waals surface area contributed by atoms with Crippen molar-refractivity contribution >= 4 is 0 Å². The Kier molecular flexibility index (Phi) is 16.9. The summed E-state index contributed by atoms with van der Waals surface area (Å²) in [5.74, 6) is 2.22. The van der Waals surface area contributed by atoms with Crippen molar-refractivity contribution in [2.45, 2.75) is 136 Å². The van der Waals surface area contributed by atoms with Crippen molar-refractivity contribution in [2.75, 3.05) is 6.61 Å². The lowest BCUT2D eigenvalue weighted by Crippen LogP contribution is -2.08. The summed E-state index contributed by atoms with van der Waals surface area (Å²) in [6, 6.07) is 7.82. The molecule has 0 aliphatic rings. The summed E-state index contributed by atoms with van der Waals surface area (Å²) in [4.78, 5) is 9.15. The first-order valence-electron chi connectivity index (χ1n) is 15.3. The summed E-state index contributed by atoms with van der Waals surface area (Å²) in [7, 11) is 0. The molecule has 0 saturated carbocycles. The molecular weight excluding hydrogens is 459 g/mol. The van der Waals surface area contributed by atoms with Crippen LogP contribution in [-0.2, 0) is 6.42 Å². The number of aryl methyl sites for hydroxylation is 1. The number of benzene rings is 1. The maximum atomic E-state index is 14.3. The second-order valence-corrected chi connectivity index (χ2v) is 10.9. The van der Waals surface area contributed by atoms with Crippen molar-refractivity contribution in [3.05, 3.63) is 42.2 Å². The van der Waals surface area contributed by atoms with Crippen LogP contribution in [0.2, 0.25) is 0 Å². The predicted molar refractivity (Wildman–Crippen MR) is 156 cm³/mol. The van der Waals surface area contributed by atoms with Crippen LogP contribution in [0.5, 0.6) is 5.75 Å². The molecule has 0 fully saturated rings. The van der Waals surface area contributed by atoms with Gasteiger partial charge in [-0.1, -0.05) is 104 Å². The number of hydrogen-bond acceptors (Lipinski definition) is 3. The van der Waals surface area contributed by atoms with Crippen LogP contribution in [0, 0.1) is 5.92 Å². The molecule has 0 N–H and O–H groups in total. The molecule has 0 aliphatic carbocycles. The Balaban J connectivity index is 1.60. The zero-order valence-corrected chi connectivity index (χ0v) is 24.0. The third-order valence-electron chi connectivity index (χ3n) is 7.35. The SMILES string of the molecule is CCCCCCCCCCc1cnc(-c2ccc(OCCC(F)CCCC(C)CCCCC)cc2)nc1. The number of nitrogens with zero attached hydrogens (tertiary/aromatic N) is 2. The molecule has 2 atom stereocenters. The number of hydrogen-bond donors (Lipinski definition) is 0. The Hall–Kier alpha value is -1.97. The lowest BCUT2D eigenvalue weighted by atomic mass is 9.96. The van der Waals surface area contributed by atoms with Crippen molar-refractivity contribution in [2.24, 2.45) is 5.92 Å². The first-order chi connectivity index (χ1) is 18.1. The van der Waals surface area contributed by atoms with Crippen LogP contribution in [0.25, 0.3) is 11.4 Å². The fourth-order valence-electron chi connectivity index (χ4n) is 4.82. The molecule has 4 heteroatoms. The highest BCUT2D eigenvalue weighted by atomic mass is 19.1. The Bertz CT molecular complexity index is 793. The number of unbranched alkanes of at least 4 members (excludes halogenated alkanes) is 9. The van der Waals surface area contributed by atoms with Gasteiger partial charge in [0.25, 0.3) is 0 Å². The third kappa shape index (κ3) is 14.5. The predicted octanol–water partition coefficient (Wildman–Crippen LogP) is 10.3. The van der Waals surface area contributed by atoms with Crippen LogP contribution in [-0.4, -0.2) is 22.7 Å². The van der Waals surface area contributed by atoms with E-state index in [2.05, 4.69) is 30.7 Å². The largest absolute Gasteiger partial charge is 0.493 e. The van der Waals surface area contributed by atoms with Gasteiger partial charge < -0.3 is 4.74 Å². The van der Waals surface area contributed by atoms with Crippen LogP contribution in [0.1, 0.15) is 129 Å². The molecule has 2 aromatic rings. The Morgan fingerprint density at radius 3 is 1.97 bits per heavy atom. The Morgan fingerprint density at radius 1 is 0.703 bits per heavy atom. The first-order valence-corrected chi connectivity index (χ1v) is 15.3. The van der Waals surface area contributed by atoms with Crippen LogP contribution >= 0.6 is 0 Å². The minimum atomic E-state index is -0.778. The molecule has 0 aliphatic heterocycles. The van der Waals surface area contributed by atoms with Gasteiger partial charge in [0.15, 0.2) is 5.82 Å². The van der Waals surface area contributed by atoms with Gasteiger partial charge in [0.2, 0.25) is 0 Å². The van der Waals surface area contributed by atoms with Crippen molar-refractivity contribution < 1.29 is 9.13 Å². The van der Waals surface area contributed by atoms with Gasteiger partial charge in [-0.05, 0) is 55.0 Å². The van der Waals surface area contributed by atoms with E-state index in [4.69, 9.17) is 4.74 Å². The highest BCUT2D eigenvalue weighted by Crippen LogP contribution is 2.21. The summed E-state index contributed by atoms with van der Waals surface area (Å²) in [6.45, 7) is 7.21. The van der Waals surface area contributed by atoms with Crippen LogP contribution in [0.3, 0.4) is 0 Å². The molecule has 208 valence electrons. The summed E-state index contributed by atoms with van der Waals surface area (Å²) in [5, 5.41) is 0. The van der Waals surface area contributed by atoms with Gasteiger partial charge in [-0.15, -0.1) is 0 Å². The lowest BCUT2D eigenvalue weighted by Gasteiger charge is -2.13. The van der Waals surface area contributed by atoms with Gasteiger partial charge >= 0.3 is 0 Å². The molecule has 0 saturated heterocycles. The van der Waals surface area contributed by atoms with E-state index in [0.29, 0.717) is 25.4 Å². The van der Waals surface area contributed by atoms with E-state index in [9.17, 15) is 4.39 Å². The fraction of sp³-hybridized carbons (Fsp3) is 0.697. The van der Waals surface area contributed by atoms with E-state index in [1.807, 2.05) is 36.7 Å². The van der Waals surface area contributed by atoms with Crippen molar-refractivity contribution in [1.82, 2.24) is 9.97 Å². The zero-order valence-electron chi connectivity index (χ0n) is 24.0.